The number of hydrogen-bond donors (Lipinski definition) is 2. The average Bonchev–Trinajstić information content (AvgIpc) is 2.38. The first-order valence-corrected chi connectivity index (χ1v) is 5.70. The fraction of sp³-hybridized carbons (Fsp3) is 0.231. The molecule has 0 aliphatic carbocycles. The molecule has 18 heavy (non-hydrogen) atoms. The molecule has 2 rings (SSSR count). The van der Waals surface area contributed by atoms with Gasteiger partial charge < -0.3 is 16.4 Å². The van der Waals surface area contributed by atoms with Crippen molar-refractivity contribution in [2.24, 2.45) is 11.5 Å². The van der Waals surface area contributed by atoms with Gasteiger partial charge in [-0.25, -0.2) is 0 Å². The van der Waals surface area contributed by atoms with E-state index in [9.17, 15) is 4.79 Å². The third-order valence-electron chi connectivity index (χ3n) is 3.02. The van der Waals surface area contributed by atoms with Crippen LogP contribution in [-0.4, -0.2) is 12.5 Å². The molecule has 1 aromatic rings. The van der Waals surface area contributed by atoms with E-state index in [2.05, 4.69) is 0 Å². The van der Waals surface area contributed by atoms with Crippen LogP contribution >= 0.6 is 0 Å². The molecule has 92 valence electrons. The largest absolute Gasteiger partial charge is 0.384 e. The predicted molar refractivity (Wildman–Crippen MR) is 68.1 cm³/mol. The lowest BCUT2D eigenvalue weighted by molar-refractivity contribution is -0.114. The number of para-hydroxylation sites is 1. The van der Waals surface area contributed by atoms with Crippen LogP contribution in [0.25, 0.3) is 0 Å². The summed E-state index contributed by atoms with van der Waals surface area (Å²) in [5, 5.41) is 8.93. The summed E-state index contributed by atoms with van der Waals surface area (Å²) in [6, 6.07) is 9.58. The highest BCUT2D eigenvalue weighted by Crippen LogP contribution is 2.29. The van der Waals surface area contributed by atoms with Crippen molar-refractivity contribution in [3.63, 3.8) is 0 Å². The van der Waals surface area contributed by atoms with Crippen molar-refractivity contribution in [2.75, 3.05) is 11.4 Å². The normalized spacial score (nSPS) is 15.4. The number of carbonyl (C=O) groups is 1. The first kappa shape index (κ1) is 12.0. The lowest BCUT2D eigenvalue weighted by atomic mass is 10.0. The highest BCUT2D eigenvalue weighted by molar-refractivity contribution is 5.97. The number of fused-ring (bicyclic) bond motifs is 1. The first-order valence-electron chi connectivity index (χ1n) is 5.70. The Hall–Kier alpha value is -2.48. The highest BCUT2D eigenvalue weighted by Gasteiger charge is 2.22. The second-order valence-corrected chi connectivity index (χ2v) is 4.12. The van der Waals surface area contributed by atoms with Crippen LogP contribution in [0.4, 0.5) is 5.69 Å². The number of aryl methyl sites for hydroxylation is 1. The zero-order valence-electron chi connectivity index (χ0n) is 9.89. The zero-order valence-corrected chi connectivity index (χ0v) is 9.89. The van der Waals surface area contributed by atoms with E-state index in [1.807, 2.05) is 24.3 Å². The number of benzene rings is 1. The molecule has 1 aliphatic rings. The SMILES string of the molecule is N#CC(C(N)=O)=C(N)N1CCCc2ccccc21. The van der Waals surface area contributed by atoms with Gasteiger partial charge in [0.1, 0.15) is 11.9 Å². The number of nitriles is 1. The van der Waals surface area contributed by atoms with Crippen molar-refractivity contribution in [1.29, 1.82) is 5.26 Å². The van der Waals surface area contributed by atoms with Gasteiger partial charge in [-0.05, 0) is 24.5 Å². The quantitative estimate of drug-likeness (QED) is 0.587. The summed E-state index contributed by atoms with van der Waals surface area (Å²) in [6.45, 7) is 0.682. The fourth-order valence-corrected chi connectivity index (χ4v) is 2.16. The van der Waals surface area contributed by atoms with Crippen LogP contribution < -0.4 is 16.4 Å². The van der Waals surface area contributed by atoms with E-state index in [1.165, 1.54) is 0 Å². The molecule has 0 saturated carbocycles. The fourth-order valence-electron chi connectivity index (χ4n) is 2.16. The molecule has 5 nitrogen and oxygen atoms in total. The molecule has 1 heterocycles. The molecule has 0 fully saturated rings. The third kappa shape index (κ3) is 2.00. The van der Waals surface area contributed by atoms with Crippen molar-refractivity contribution in [2.45, 2.75) is 12.8 Å². The van der Waals surface area contributed by atoms with Gasteiger partial charge in [-0.15, -0.1) is 0 Å². The molecule has 1 amide bonds. The van der Waals surface area contributed by atoms with Crippen LogP contribution in [0.3, 0.4) is 0 Å². The van der Waals surface area contributed by atoms with Gasteiger partial charge in [0.15, 0.2) is 5.57 Å². The number of primary amides is 1. The Morgan fingerprint density at radius 1 is 1.33 bits per heavy atom. The minimum Gasteiger partial charge on any atom is -0.384 e. The topological polar surface area (TPSA) is 96.1 Å². The number of carbonyl (C=O) groups excluding carboxylic acids is 1. The molecule has 0 saturated heterocycles. The summed E-state index contributed by atoms with van der Waals surface area (Å²) in [5.41, 5.74) is 13.0. The van der Waals surface area contributed by atoms with Crippen molar-refractivity contribution in [3.05, 3.63) is 41.2 Å². The lowest BCUT2D eigenvalue weighted by Crippen LogP contribution is -2.35. The van der Waals surface area contributed by atoms with Crippen molar-refractivity contribution in [3.8, 4) is 6.07 Å². The summed E-state index contributed by atoms with van der Waals surface area (Å²) in [6.07, 6.45) is 1.90. The Kier molecular flexibility index (Phi) is 3.20. The van der Waals surface area contributed by atoms with Crippen LogP contribution in [0.15, 0.2) is 35.7 Å². The molecule has 1 aliphatic heterocycles. The van der Waals surface area contributed by atoms with E-state index in [-0.39, 0.29) is 11.4 Å². The third-order valence-corrected chi connectivity index (χ3v) is 3.02. The molecule has 1 aromatic carbocycles. The van der Waals surface area contributed by atoms with E-state index in [4.69, 9.17) is 16.7 Å². The summed E-state index contributed by atoms with van der Waals surface area (Å²) in [5.74, 6) is -0.657. The number of anilines is 1. The summed E-state index contributed by atoms with van der Waals surface area (Å²) in [4.78, 5) is 12.9. The molecular formula is C13H14N4O. The second-order valence-electron chi connectivity index (χ2n) is 4.12. The van der Waals surface area contributed by atoms with Crippen molar-refractivity contribution >= 4 is 11.6 Å². The molecule has 0 atom stereocenters. The maximum absolute atomic E-state index is 11.2. The molecule has 0 aromatic heterocycles. The maximum Gasteiger partial charge on any atom is 0.263 e. The number of amides is 1. The minimum absolute atomic E-state index is 0.136. The van der Waals surface area contributed by atoms with Crippen molar-refractivity contribution < 1.29 is 4.79 Å². The van der Waals surface area contributed by atoms with Gasteiger partial charge in [-0.2, -0.15) is 5.26 Å². The Bertz CT molecular complexity index is 556. The Morgan fingerprint density at radius 3 is 2.72 bits per heavy atom. The Labute approximate surface area is 105 Å². The van der Waals surface area contributed by atoms with Gasteiger partial charge in [-0.1, -0.05) is 18.2 Å². The van der Waals surface area contributed by atoms with Gasteiger partial charge in [0, 0.05) is 12.2 Å². The number of nitrogens with zero attached hydrogens (tertiary/aromatic N) is 2. The van der Waals surface area contributed by atoms with Crippen LogP contribution in [-0.2, 0) is 11.2 Å². The molecule has 0 bridgehead atoms. The molecule has 0 unspecified atom stereocenters. The van der Waals surface area contributed by atoms with Gasteiger partial charge in [0.2, 0.25) is 0 Å². The maximum atomic E-state index is 11.2. The van der Waals surface area contributed by atoms with Crippen LogP contribution in [0.1, 0.15) is 12.0 Å². The van der Waals surface area contributed by atoms with E-state index < -0.39 is 5.91 Å². The molecule has 5 heteroatoms. The van der Waals surface area contributed by atoms with Crippen LogP contribution in [0.2, 0.25) is 0 Å². The molecule has 0 spiro atoms. The lowest BCUT2D eigenvalue weighted by Gasteiger charge is -2.31. The zero-order chi connectivity index (χ0) is 13.1. The summed E-state index contributed by atoms with van der Waals surface area (Å²) >= 11 is 0. The minimum atomic E-state index is -0.793. The number of nitrogens with two attached hydrogens (primary N) is 2. The standard InChI is InChI=1S/C13H14N4O/c14-8-10(13(16)18)12(15)17-7-3-5-9-4-1-2-6-11(9)17/h1-2,4,6H,3,5,7,15H2,(H2,16,18). The Morgan fingerprint density at radius 2 is 2.06 bits per heavy atom. The molecule has 4 N–H and O–H groups in total. The smallest absolute Gasteiger partial charge is 0.263 e. The van der Waals surface area contributed by atoms with E-state index in [0.29, 0.717) is 6.54 Å². The molecule has 0 radical (unpaired) electrons. The summed E-state index contributed by atoms with van der Waals surface area (Å²) < 4.78 is 0. The monoisotopic (exact) mass is 242 g/mol. The van der Waals surface area contributed by atoms with Gasteiger partial charge in [0.25, 0.3) is 5.91 Å². The van der Waals surface area contributed by atoms with Crippen LogP contribution in [0.5, 0.6) is 0 Å². The summed E-state index contributed by atoms with van der Waals surface area (Å²) in [7, 11) is 0. The predicted octanol–water partition coefficient (Wildman–Crippen LogP) is 0.618. The average molecular weight is 242 g/mol. The molecular weight excluding hydrogens is 228 g/mol. The number of hydrogen-bond acceptors (Lipinski definition) is 4. The number of rotatable bonds is 2. The first-order chi connectivity index (χ1) is 8.65. The second kappa shape index (κ2) is 4.80. The van der Waals surface area contributed by atoms with E-state index >= 15 is 0 Å². The van der Waals surface area contributed by atoms with E-state index in [0.717, 1.165) is 24.1 Å². The Balaban J connectivity index is 2.49. The van der Waals surface area contributed by atoms with Gasteiger partial charge >= 0.3 is 0 Å². The van der Waals surface area contributed by atoms with Crippen LogP contribution in [0, 0.1) is 11.3 Å². The van der Waals surface area contributed by atoms with Gasteiger partial charge in [0.05, 0.1) is 0 Å². The highest BCUT2D eigenvalue weighted by atomic mass is 16.1. The van der Waals surface area contributed by atoms with Crippen molar-refractivity contribution in [1.82, 2.24) is 0 Å². The van der Waals surface area contributed by atoms with E-state index in [1.54, 1.807) is 11.0 Å². The van der Waals surface area contributed by atoms with Gasteiger partial charge in [-0.3, -0.25) is 4.79 Å².